The monoisotopic (exact) mass is 440 g/mol. The molecule has 0 atom stereocenters. The van der Waals surface area contributed by atoms with Crippen LogP contribution in [-0.4, -0.2) is 16.9 Å². The van der Waals surface area contributed by atoms with Gasteiger partial charge >= 0.3 is 0 Å². The van der Waals surface area contributed by atoms with E-state index >= 15 is 0 Å². The lowest BCUT2D eigenvalue weighted by Crippen LogP contribution is -2.13. The number of carbonyl (C=O) groups is 2. The molecular formula is C16H14Br2N2O3. The van der Waals surface area contributed by atoms with Crippen molar-refractivity contribution >= 4 is 55.0 Å². The molecule has 0 spiro atoms. The van der Waals surface area contributed by atoms with Gasteiger partial charge in [0.15, 0.2) is 0 Å². The molecule has 5 nitrogen and oxygen atoms in total. The molecule has 0 aliphatic heterocycles. The first-order valence-electron chi connectivity index (χ1n) is 6.80. The summed E-state index contributed by atoms with van der Waals surface area (Å²) < 4.78 is 0.944. The Labute approximate surface area is 150 Å². The summed E-state index contributed by atoms with van der Waals surface area (Å²) in [6.45, 7) is 1.77. The second kappa shape index (κ2) is 7.61. The summed E-state index contributed by atoms with van der Waals surface area (Å²) in [6, 6.07) is 9.81. The normalized spacial score (nSPS) is 10.2. The van der Waals surface area contributed by atoms with Crippen LogP contribution in [0.4, 0.5) is 11.4 Å². The van der Waals surface area contributed by atoms with E-state index in [0.717, 1.165) is 0 Å². The molecule has 3 N–H and O–H groups in total. The van der Waals surface area contributed by atoms with Crippen LogP contribution < -0.4 is 10.6 Å². The molecule has 23 heavy (non-hydrogen) atoms. The maximum absolute atomic E-state index is 12.2. The largest absolute Gasteiger partial charge is 0.506 e. The first kappa shape index (κ1) is 17.5. The number of halogens is 2. The third-order valence-corrected chi connectivity index (χ3v) is 4.24. The van der Waals surface area contributed by atoms with Crippen LogP contribution in [0.1, 0.15) is 23.7 Å². The van der Waals surface area contributed by atoms with Gasteiger partial charge in [0, 0.05) is 23.4 Å². The fourth-order valence-corrected chi connectivity index (χ4v) is 2.98. The van der Waals surface area contributed by atoms with Gasteiger partial charge < -0.3 is 15.7 Å². The standard InChI is InChI=1S/C16H14Br2N2O3/c1-2-14(21)19-10-5-3-9(4-6-10)16(23)20-11-7-12(17)15(22)13(18)8-11/h3-8,22H,2H2,1H3,(H,19,21)(H,20,23). The molecule has 2 aromatic rings. The van der Waals surface area contributed by atoms with Crippen LogP contribution in [0.15, 0.2) is 45.3 Å². The van der Waals surface area contributed by atoms with E-state index in [-0.39, 0.29) is 17.6 Å². The van der Waals surface area contributed by atoms with Gasteiger partial charge in [-0.05, 0) is 68.3 Å². The number of phenols is 1. The summed E-state index contributed by atoms with van der Waals surface area (Å²) in [4.78, 5) is 23.5. The highest BCUT2D eigenvalue weighted by molar-refractivity contribution is 9.11. The number of amides is 2. The predicted octanol–water partition coefficient (Wildman–Crippen LogP) is 4.52. The Hall–Kier alpha value is -1.86. The molecule has 0 saturated heterocycles. The zero-order valence-electron chi connectivity index (χ0n) is 12.2. The van der Waals surface area contributed by atoms with Crippen LogP contribution >= 0.6 is 31.9 Å². The lowest BCUT2D eigenvalue weighted by atomic mass is 10.2. The van der Waals surface area contributed by atoms with E-state index in [9.17, 15) is 14.7 Å². The second-order valence-electron chi connectivity index (χ2n) is 4.72. The molecule has 0 saturated carbocycles. The Kier molecular flexibility index (Phi) is 5.79. The SMILES string of the molecule is CCC(=O)Nc1ccc(C(=O)Nc2cc(Br)c(O)c(Br)c2)cc1. The second-order valence-corrected chi connectivity index (χ2v) is 6.43. The van der Waals surface area contributed by atoms with Gasteiger partial charge in [0.05, 0.1) is 8.95 Å². The van der Waals surface area contributed by atoms with E-state index in [1.54, 1.807) is 43.3 Å². The molecule has 0 fully saturated rings. The summed E-state index contributed by atoms with van der Waals surface area (Å²) in [7, 11) is 0. The fourth-order valence-electron chi connectivity index (χ4n) is 1.80. The maximum atomic E-state index is 12.2. The molecule has 7 heteroatoms. The third kappa shape index (κ3) is 4.56. The van der Waals surface area contributed by atoms with Crippen molar-refractivity contribution in [2.75, 3.05) is 10.6 Å². The Morgan fingerprint density at radius 2 is 1.57 bits per heavy atom. The number of phenolic OH excluding ortho intramolecular Hbond substituents is 1. The fraction of sp³-hybridized carbons (Fsp3) is 0.125. The Balaban J connectivity index is 2.10. The van der Waals surface area contributed by atoms with Crippen molar-refractivity contribution in [3.8, 4) is 5.75 Å². The average Bonchev–Trinajstić information content (AvgIpc) is 2.53. The number of rotatable bonds is 4. The van der Waals surface area contributed by atoms with Crippen molar-refractivity contribution in [3.05, 3.63) is 50.9 Å². The lowest BCUT2D eigenvalue weighted by molar-refractivity contribution is -0.115. The lowest BCUT2D eigenvalue weighted by Gasteiger charge is -2.09. The molecule has 0 heterocycles. The van der Waals surface area contributed by atoms with Crippen molar-refractivity contribution < 1.29 is 14.7 Å². The van der Waals surface area contributed by atoms with Gasteiger partial charge in [0.25, 0.3) is 5.91 Å². The van der Waals surface area contributed by atoms with Gasteiger partial charge in [-0.2, -0.15) is 0 Å². The van der Waals surface area contributed by atoms with Crippen LogP contribution in [-0.2, 0) is 4.79 Å². The van der Waals surface area contributed by atoms with Crippen molar-refractivity contribution in [1.29, 1.82) is 0 Å². The number of anilines is 2. The minimum absolute atomic E-state index is 0.0685. The zero-order chi connectivity index (χ0) is 17.0. The van der Waals surface area contributed by atoms with Crippen LogP contribution in [0.5, 0.6) is 5.75 Å². The molecule has 0 aromatic heterocycles. The first-order chi connectivity index (χ1) is 10.9. The summed E-state index contributed by atoms with van der Waals surface area (Å²) >= 11 is 6.42. The van der Waals surface area contributed by atoms with Crippen LogP contribution in [0.3, 0.4) is 0 Å². The minimum atomic E-state index is -0.289. The van der Waals surface area contributed by atoms with Crippen molar-refractivity contribution in [2.45, 2.75) is 13.3 Å². The number of nitrogens with one attached hydrogen (secondary N) is 2. The van der Waals surface area contributed by atoms with E-state index in [4.69, 9.17) is 0 Å². The highest BCUT2D eigenvalue weighted by atomic mass is 79.9. The van der Waals surface area contributed by atoms with Gasteiger partial charge in [0.1, 0.15) is 5.75 Å². The van der Waals surface area contributed by atoms with E-state index in [0.29, 0.717) is 32.3 Å². The zero-order valence-corrected chi connectivity index (χ0v) is 15.4. The van der Waals surface area contributed by atoms with Gasteiger partial charge in [-0.1, -0.05) is 6.92 Å². The van der Waals surface area contributed by atoms with Crippen LogP contribution in [0.25, 0.3) is 0 Å². The molecule has 2 amide bonds. The number of hydrogen-bond donors (Lipinski definition) is 3. The van der Waals surface area contributed by atoms with Crippen LogP contribution in [0.2, 0.25) is 0 Å². The molecular weight excluding hydrogens is 428 g/mol. The predicted molar refractivity (Wildman–Crippen MR) is 96.8 cm³/mol. The van der Waals surface area contributed by atoms with Gasteiger partial charge in [-0.25, -0.2) is 0 Å². The number of aromatic hydroxyl groups is 1. The van der Waals surface area contributed by atoms with Gasteiger partial charge in [-0.15, -0.1) is 0 Å². The molecule has 120 valence electrons. The first-order valence-corrected chi connectivity index (χ1v) is 8.38. The minimum Gasteiger partial charge on any atom is -0.506 e. The molecule has 2 rings (SSSR count). The third-order valence-electron chi connectivity index (χ3n) is 3.03. The van der Waals surface area contributed by atoms with Crippen LogP contribution in [0, 0.1) is 0 Å². The van der Waals surface area contributed by atoms with Crippen molar-refractivity contribution in [2.24, 2.45) is 0 Å². The molecule has 0 aliphatic carbocycles. The highest BCUT2D eigenvalue weighted by Gasteiger charge is 2.10. The molecule has 2 aromatic carbocycles. The molecule has 0 unspecified atom stereocenters. The Bertz CT molecular complexity index is 722. The molecule has 0 bridgehead atoms. The van der Waals surface area contributed by atoms with Gasteiger partial charge in [-0.3, -0.25) is 9.59 Å². The Morgan fingerprint density at radius 3 is 2.09 bits per heavy atom. The topological polar surface area (TPSA) is 78.4 Å². The molecule has 0 radical (unpaired) electrons. The van der Waals surface area contributed by atoms with E-state index < -0.39 is 0 Å². The van der Waals surface area contributed by atoms with E-state index in [1.165, 1.54) is 0 Å². The summed E-state index contributed by atoms with van der Waals surface area (Å²) in [5.74, 6) is -0.303. The van der Waals surface area contributed by atoms with Crippen molar-refractivity contribution in [3.63, 3.8) is 0 Å². The summed E-state index contributed by atoms with van der Waals surface area (Å²) in [6.07, 6.45) is 0.396. The highest BCUT2D eigenvalue weighted by Crippen LogP contribution is 2.35. The smallest absolute Gasteiger partial charge is 0.255 e. The van der Waals surface area contributed by atoms with Crippen molar-refractivity contribution in [1.82, 2.24) is 0 Å². The molecule has 0 aliphatic rings. The number of carbonyl (C=O) groups excluding carboxylic acids is 2. The summed E-state index contributed by atoms with van der Waals surface area (Å²) in [5, 5.41) is 15.1. The average molecular weight is 442 g/mol. The number of benzene rings is 2. The maximum Gasteiger partial charge on any atom is 0.255 e. The van der Waals surface area contributed by atoms with E-state index in [2.05, 4.69) is 42.5 Å². The summed E-state index contributed by atoms with van der Waals surface area (Å²) in [5.41, 5.74) is 1.64. The van der Waals surface area contributed by atoms with E-state index in [1.807, 2.05) is 0 Å². The number of hydrogen-bond acceptors (Lipinski definition) is 3. The van der Waals surface area contributed by atoms with Gasteiger partial charge in [0.2, 0.25) is 5.91 Å². The quantitative estimate of drug-likeness (QED) is 0.610. The Morgan fingerprint density at radius 1 is 1.00 bits per heavy atom.